The summed E-state index contributed by atoms with van der Waals surface area (Å²) in [7, 11) is 0. The number of epoxide rings is 1. The Kier molecular flexibility index (Phi) is 5.82. The molecular formula is C29H47BrO. The molecule has 1 spiro atoms. The fourth-order valence-electron chi connectivity index (χ4n) is 9.81. The number of hydrogen-bond acceptors (Lipinski definition) is 1. The Morgan fingerprint density at radius 2 is 1.77 bits per heavy atom. The molecule has 176 valence electrons. The summed E-state index contributed by atoms with van der Waals surface area (Å²) in [6.45, 7) is 15.0. The van der Waals surface area contributed by atoms with E-state index in [2.05, 4.69) is 69.6 Å². The SMILES string of the molecule is CC[C@H](C=C[C@@H](C)[C@H]1CC[C@H]2[C@@H]3C[C@H]4O[C@]45C[C@@H](Br)CC[C@]5(C)[C@H]3CC[C@]12C)C(C)C. The van der Waals surface area contributed by atoms with E-state index in [-0.39, 0.29) is 5.60 Å². The van der Waals surface area contributed by atoms with E-state index in [1.54, 1.807) is 0 Å². The van der Waals surface area contributed by atoms with Crippen LogP contribution < -0.4 is 0 Å². The maximum Gasteiger partial charge on any atom is 0.101 e. The number of hydrogen-bond donors (Lipinski definition) is 0. The lowest BCUT2D eigenvalue weighted by molar-refractivity contribution is -0.0973. The van der Waals surface area contributed by atoms with Crippen molar-refractivity contribution >= 4 is 15.9 Å². The number of alkyl halides is 1. The number of rotatable bonds is 5. The first-order valence-electron chi connectivity index (χ1n) is 13.7. The molecule has 1 saturated heterocycles. The molecule has 0 N–H and O–H groups in total. The van der Waals surface area contributed by atoms with Crippen LogP contribution in [0.5, 0.6) is 0 Å². The van der Waals surface area contributed by atoms with Gasteiger partial charge in [-0.25, -0.2) is 0 Å². The van der Waals surface area contributed by atoms with Gasteiger partial charge in [0.2, 0.25) is 0 Å². The summed E-state index contributed by atoms with van der Waals surface area (Å²) in [6, 6.07) is 0. The monoisotopic (exact) mass is 490 g/mol. The predicted octanol–water partition coefficient (Wildman–Crippen LogP) is 8.41. The lowest BCUT2D eigenvalue weighted by atomic mass is 9.44. The topological polar surface area (TPSA) is 12.5 Å². The number of halogens is 1. The van der Waals surface area contributed by atoms with Crippen molar-refractivity contribution in [1.82, 2.24) is 0 Å². The zero-order chi connectivity index (χ0) is 22.2. The largest absolute Gasteiger partial charge is 0.365 e. The highest BCUT2D eigenvalue weighted by atomic mass is 79.9. The van der Waals surface area contributed by atoms with Crippen molar-refractivity contribution in [2.24, 2.45) is 52.3 Å². The van der Waals surface area contributed by atoms with Crippen LogP contribution in [0.3, 0.4) is 0 Å². The minimum atomic E-state index is 0.231. The third kappa shape index (κ3) is 3.30. The van der Waals surface area contributed by atoms with Crippen LogP contribution in [0.15, 0.2) is 12.2 Å². The normalized spacial score (nSPS) is 52.9. The fourth-order valence-corrected chi connectivity index (χ4v) is 10.5. The van der Waals surface area contributed by atoms with E-state index < -0.39 is 0 Å². The lowest BCUT2D eigenvalue weighted by Crippen LogP contribution is -2.58. The number of ether oxygens (including phenoxy) is 1. The molecule has 0 bridgehead atoms. The van der Waals surface area contributed by atoms with Gasteiger partial charge in [0.15, 0.2) is 0 Å². The van der Waals surface area contributed by atoms with Gasteiger partial charge in [0.1, 0.15) is 5.60 Å². The van der Waals surface area contributed by atoms with Gasteiger partial charge < -0.3 is 4.74 Å². The Morgan fingerprint density at radius 3 is 2.48 bits per heavy atom. The Balaban J connectivity index is 1.35. The molecular weight excluding hydrogens is 444 g/mol. The van der Waals surface area contributed by atoms with E-state index in [1.807, 2.05) is 0 Å². The maximum atomic E-state index is 6.65. The lowest BCUT2D eigenvalue weighted by Gasteiger charge is -2.59. The molecule has 0 radical (unpaired) electrons. The van der Waals surface area contributed by atoms with Crippen LogP contribution in [0.25, 0.3) is 0 Å². The summed E-state index contributed by atoms with van der Waals surface area (Å²) < 4.78 is 6.65. The maximum absolute atomic E-state index is 6.65. The van der Waals surface area contributed by atoms with E-state index in [1.165, 1.54) is 57.8 Å². The first-order valence-corrected chi connectivity index (χ1v) is 14.6. The van der Waals surface area contributed by atoms with Crippen molar-refractivity contribution in [1.29, 1.82) is 0 Å². The van der Waals surface area contributed by atoms with Crippen LogP contribution in [0, 0.1) is 52.3 Å². The minimum Gasteiger partial charge on any atom is -0.365 e. The van der Waals surface area contributed by atoms with Crippen LogP contribution in [0.2, 0.25) is 0 Å². The Bertz CT molecular complexity index is 716. The highest BCUT2D eigenvalue weighted by molar-refractivity contribution is 9.09. The van der Waals surface area contributed by atoms with Crippen molar-refractivity contribution in [2.45, 2.75) is 116 Å². The van der Waals surface area contributed by atoms with Gasteiger partial charge in [-0.2, -0.15) is 0 Å². The van der Waals surface area contributed by atoms with Gasteiger partial charge in [-0.05, 0) is 105 Å². The molecule has 0 aromatic rings. The van der Waals surface area contributed by atoms with Crippen LogP contribution in [-0.4, -0.2) is 16.5 Å². The molecule has 5 rings (SSSR count). The molecule has 11 atom stereocenters. The quantitative estimate of drug-likeness (QED) is 0.214. The summed E-state index contributed by atoms with van der Waals surface area (Å²) >= 11 is 3.95. The molecule has 0 unspecified atom stereocenters. The van der Waals surface area contributed by atoms with E-state index in [9.17, 15) is 0 Å². The Labute approximate surface area is 200 Å². The van der Waals surface area contributed by atoms with Crippen molar-refractivity contribution in [3.8, 4) is 0 Å². The highest BCUT2D eigenvalue weighted by Crippen LogP contribution is 2.74. The second-order valence-electron chi connectivity index (χ2n) is 13.2. The molecule has 0 aromatic heterocycles. The summed E-state index contributed by atoms with van der Waals surface area (Å²) in [4.78, 5) is 0.678. The number of fused-ring (bicyclic) bond motifs is 4. The van der Waals surface area contributed by atoms with Gasteiger partial charge in [0.25, 0.3) is 0 Å². The third-order valence-electron chi connectivity index (χ3n) is 11.7. The summed E-state index contributed by atoms with van der Waals surface area (Å²) in [6.07, 6.45) is 18.2. The molecule has 1 nitrogen and oxygen atoms in total. The van der Waals surface area contributed by atoms with Gasteiger partial charge in [-0.15, -0.1) is 0 Å². The van der Waals surface area contributed by atoms with Gasteiger partial charge in [0.05, 0.1) is 6.10 Å². The molecule has 1 aliphatic heterocycles. The Hall–Kier alpha value is 0.180. The summed E-state index contributed by atoms with van der Waals surface area (Å²) in [5, 5.41) is 0. The highest BCUT2D eigenvalue weighted by Gasteiger charge is 2.75. The minimum absolute atomic E-state index is 0.231. The second-order valence-corrected chi connectivity index (χ2v) is 14.4. The molecule has 0 amide bonds. The predicted molar refractivity (Wildman–Crippen MR) is 134 cm³/mol. The molecule has 31 heavy (non-hydrogen) atoms. The van der Waals surface area contributed by atoms with Crippen molar-refractivity contribution in [2.75, 3.05) is 0 Å². The molecule has 5 aliphatic rings. The van der Waals surface area contributed by atoms with Gasteiger partial charge >= 0.3 is 0 Å². The van der Waals surface area contributed by atoms with Gasteiger partial charge in [-0.3, -0.25) is 0 Å². The van der Waals surface area contributed by atoms with E-state index >= 15 is 0 Å². The van der Waals surface area contributed by atoms with E-state index in [0.29, 0.717) is 21.8 Å². The average molecular weight is 492 g/mol. The molecule has 2 heteroatoms. The fraction of sp³-hybridized carbons (Fsp3) is 0.931. The van der Waals surface area contributed by atoms with Crippen molar-refractivity contribution in [3.63, 3.8) is 0 Å². The molecule has 4 aliphatic carbocycles. The van der Waals surface area contributed by atoms with Crippen molar-refractivity contribution < 1.29 is 4.74 Å². The third-order valence-corrected chi connectivity index (χ3v) is 12.5. The van der Waals surface area contributed by atoms with Crippen LogP contribution in [-0.2, 0) is 4.74 Å². The van der Waals surface area contributed by atoms with E-state index in [0.717, 1.165) is 41.4 Å². The Morgan fingerprint density at radius 1 is 1.00 bits per heavy atom. The van der Waals surface area contributed by atoms with Gasteiger partial charge in [-0.1, -0.05) is 69.6 Å². The standard InChI is InChI=1S/C29H47BrO/c1-7-20(18(2)3)9-8-19(4)23-10-11-24-22-16-26-29(31-26)17-21(30)12-15-28(29,6)25(22)13-14-27(23,24)5/h8-9,18-26H,7,10-17H2,1-6H3/t19-,20-,21+,22+,23-,24+,25+,26-,27-,28-,29-/m1/s1. The summed E-state index contributed by atoms with van der Waals surface area (Å²) in [5.74, 6) is 5.84. The van der Waals surface area contributed by atoms with Crippen LogP contribution in [0.4, 0.5) is 0 Å². The molecule has 5 fully saturated rings. The van der Waals surface area contributed by atoms with Gasteiger partial charge in [0, 0.05) is 10.2 Å². The first kappa shape index (κ1) is 22.9. The van der Waals surface area contributed by atoms with Crippen LogP contribution >= 0.6 is 15.9 Å². The smallest absolute Gasteiger partial charge is 0.101 e. The average Bonchev–Trinajstić information content (AvgIpc) is 3.29. The zero-order valence-corrected chi connectivity index (χ0v) is 22.6. The molecule has 0 aromatic carbocycles. The molecule has 4 saturated carbocycles. The van der Waals surface area contributed by atoms with Crippen molar-refractivity contribution in [3.05, 3.63) is 12.2 Å². The zero-order valence-electron chi connectivity index (χ0n) is 21.0. The van der Waals surface area contributed by atoms with Crippen LogP contribution in [0.1, 0.15) is 99.3 Å². The second kappa shape index (κ2) is 7.86. The summed E-state index contributed by atoms with van der Waals surface area (Å²) in [5.41, 5.74) is 1.21. The van der Waals surface area contributed by atoms with E-state index in [4.69, 9.17) is 4.74 Å². The molecule has 1 heterocycles. The number of allylic oxidation sites excluding steroid dienone is 2. The first-order chi connectivity index (χ1) is 14.7.